The third-order valence-electron chi connectivity index (χ3n) is 3.15. The minimum absolute atomic E-state index is 0.137. The van der Waals surface area contributed by atoms with Gasteiger partial charge in [-0.15, -0.1) is 10.2 Å². The molecule has 0 radical (unpaired) electrons. The summed E-state index contributed by atoms with van der Waals surface area (Å²) in [7, 11) is 0. The molecule has 3 aromatic rings. The van der Waals surface area contributed by atoms with E-state index in [9.17, 15) is 13.6 Å². The van der Waals surface area contributed by atoms with Crippen molar-refractivity contribution in [2.45, 2.75) is 0 Å². The maximum absolute atomic E-state index is 13.6. The highest BCUT2D eigenvalue weighted by molar-refractivity contribution is 5.99. The van der Waals surface area contributed by atoms with Gasteiger partial charge in [0.05, 0.1) is 0 Å². The molecule has 8 heteroatoms. The fraction of sp³-hybridized carbons (Fsp3) is 0. The van der Waals surface area contributed by atoms with E-state index in [4.69, 9.17) is 0 Å². The van der Waals surface area contributed by atoms with Crippen LogP contribution in [0.25, 0.3) is 0 Å². The molecule has 0 spiro atoms. The number of rotatable bonds is 4. The lowest BCUT2D eigenvalue weighted by molar-refractivity contribution is 0.262. The number of para-hydroxylation sites is 2. The van der Waals surface area contributed by atoms with Crippen LogP contribution in [0.1, 0.15) is 0 Å². The van der Waals surface area contributed by atoms with Gasteiger partial charge in [-0.25, -0.2) is 13.6 Å². The highest BCUT2D eigenvalue weighted by atomic mass is 19.1. The molecule has 6 nitrogen and oxygen atoms in total. The molecule has 25 heavy (non-hydrogen) atoms. The number of benzene rings is 2. The first-order valence-corrected chi connectivity index (χ1v) is 7.29. The Kier molecular flexibility index (Phi) is 4.79. The summed E-state index contributed by atoms with van der Waals surface area (Å²) in [5.74, 6) is -1.16. The third kappa shape index (κ3) is 4.25. The second-order valence-corrected chi connectivity index (χ2v) is 4.97. The zero-order valence-electron chi connectivity index (χ0n) is 12.8. The predicted octanol–water partition coefficient (Wildman–Crippen LogP) is 4.14. The Balaban J connectivity index is 1.63. The van der Waals surface area contributed by atoms with Crippen molar-refractivity contribution in [1.82, 2.24) is 10.2 Å². The van der Waals surface area contributed by atoms with E-state index >= 15 is 0 Å². The number of hydrogen-bond donors (Lipinski definition) is 3. The maximum Gasteiger partial charge on any atom is 0.324 e. The standard InChI is InChI=1S/C17H13F2N5O/c18-12-7-4-8-13(19)16(12)21-14-9-10-15(24-23-14)22-17(25)20-11-5-2-1-3-6-11/h1-10H,(H,21,23)(H2,20,22,24,25). The Hall–Kier alpha value is -3.55. The lowest BCUT2D eigenvalue weighted by Gasteiger charge is -2.09. The SMILES string of the molecule is O=C(Nc1ccccc1)Nc1ccc(Nc2c(F)cccc2F)nn1. The minimum Gasteiger partial charge on any atom is -0.334 e. The number of aromatic nitrogens is 2. The van der Waals surface area contributed by atoms with Crippen LogP contribution in [0.2, 0.25) is 0 Å². The summed E-state index contributed by atoms with van der Waals surface area (Å²) in [6, 6.07) is 14.8. The van der Waals surface area contributed by atoms with E-state index in [1.807, 2.05) is 6.07 Å². The summed E-state index contributed by atoms with van der Waals surface area (Å²) >= 11 is 0. The van der Waals surface area contributed by atoms with Gasteiger partial charge in [0.25, 0.3) is 0 Å². The molecule has 0 fully saturated rings. The molecule has 1 heterocycles. The third-order valence-corrected chi connectivity index (χ3v) is 3.15. The van der Waals surface area contributed by atoms with E-state index in [0.29, 0.717) is 5.69 Å². The van der Waals surface area contributed by atoms with Crippen LogP contribution >= 0.6 is 0 Å². The summed E-state index contributed by atoms with van der Waals surface area (Å²) < 4.78 is 27.2. The molecule has 0 aliphatic rings. The van der Waals surface area contributed by atoms with Crippen molar-refractivity contribution in [2.75, 3.05) is 16.0 Å². The molecular weight excluding hydrogens is 328 g/mol. The van der Waals surface area contributed by atoms with E-state index < -0.39 is 17.7 Å². The molecule has 0 aliphatic carbocycles. The van der Waals surface area contributed by atoms with Gasteiger partial charge in [0, 0.05) is 5.69 Å². The van der Waals surface area contributed by atoms with Gasteiger partial charge >= 0.3 is 6.03 Å². The summed E-state index contributed by atoms with van der Waals surface area (Å²) in [6.45, 7) is 0. The molecule has 3 N–H and O–H groups in total. The molecule has 2 amide bonds. The van der Waals surface area contributed by atoms with E-state index in [0.717, 1.165) is 12.1 Å². The monoisotopic (exact) mass is 341 g/mol. The number of carbonyl (C=O) groups is 1. The number of carbonyl (C=O) groups excluding carboxylic acids is 1. The fourth-order valence-electron chi connectivity index (χ4n) is 2.01. The zero-order valence-corrected chi connectivity index (χ0v) is 12.8. The zero-order chi connectivity index (χ0) is 17.6. The van der Waals surface area contributed by atoms with Crippen molar-refractivity contribution in [3.63, 3.8) is 0 Å². The normalized spacial score (nSPS) is 10.2. The van der Waals surface area contributed by atoms with Crippen molar-refractivity contribution in [3.8, 4) is 0 Å². The van der Waals surface area contributed by atoms with E-state index in [2.05, 4.69) is 26.1 Å². The predicted molar refractivity (Wildman–Crippen MR) is 90.8 cm³/mol. The molecule has 0 unspecified atom stereocenters. The van der Waals surface area contributed by atoms with Crippen molar-refractivity contribution in [3.05, 3.63) is 72.3 Å². The number of anilines is 4. The lowest BCUT2D eigenvalue weighted by Crippen LogP contribution is -2.20. The Morgan fingerprint density at radius 1 is 0.760 bits per heavy atom. The van der Waals surface area contributed by atoms with Crippen LogP contribution in [0.5, 0.6) is 0 Å². The average molecular weight is 341 g/mol. The van der Waals surface area contributed by atoms with Gasteiger partial charge in [-0.3, -0.25) is 5.32 Å². The highest BCUT2D eigenvalue weighted by Crippen LogP contribution is 2.22. The molecule has 3 rings (SSSR count). The van der Waals surface area contributed by atoms with Crippen LogP contribution in [0.15, 0.2) is 60.7 Å². The molecule has 0 bridgehead atoms. The lowest BCUT2D eigenvalue weighted by atomic mass is 10.3. The maximum atomic E-state index is 13.6. The van der Waals surface area contributed by atoms with Crippen LogP contribution in [-0.4, -0.2) is 16.2 Å². The quantitative estimate of drug-likeness (QED) is 0.666. The van der Waals surface area contributed by atoms with Crippen LogP contribution in [0, 0.1) is 11.6 Å². The topological polar surface area (TPSA) is 78.9 Å². The van der Waals surface area contributed by atoms with Crippen LogP contribution in [0.4, 0.5) is 36.6 Å². The Labute approximate surface area is 141 Å². The van der Waals surface area contributed by atoms with Gasteiger partial charge in [-0.2, -0.15) is 0 Å². The number of halogens is 2. The van der Waals surface area contributed by atoms with E-state index in [1.165, 1.54) is 18.2 Å². The van der Waals surface area contributed by atoms with Crippen LogP contribution < -0.4 is 16.0 Å². The summed E-state index contributed by atoms with van der Waals surface area (Å²) in [5.41, 5.74) is 0.306. The van der Waals surface area contributed by atoms with Crippen molar-refractivity contribution < 1.29 is 13.6 Å². The largest absolute Gasteiger partial charge is 0.334 e. The molecule has 0 saturated carbocycles. The summed E-state index contributed by atoms with van der Waals surface area (Å²) in [5, 5.41) is 15.2. The summed E-state index contributed by atoms with van der Waals surface area (Å²) in [6.07, 6.45) is 0. The Morgan fingerprint density at radius 3 is 2.04 bits per heavy atom. The molecule has 126 valence electrons. The second-order valence-electron chi connectivity index (χ2n) is 4.97. The summed E-state index contributed by atoms with van der Waals surface area (Å²) in [4.78, 5) is 11.8. The number of nitrogens with one attached hydrogen (secondary N) is 3. The van der Waals surface area contributed by atoms with Gasteiger partial charge in [0.1, 0.15) is 17.3 Å². The number of urea groups is 1. The van der Waals surface area contributed by atoms with Gasteiger partial charge in [0.2, 0.25) is 0 Å². The van der Waals surface area contributed by atoms with Gasteiger partial charge in [-0.05, 0) is 36.4 Å². The first-order chi connectivity index (χ1) is 12.1. The van der Waals surface area contributed by atoms with Crippen LogP contribution in [-0.2, 0) is 0 Å². The van der Waals surface area contributed by atoms with Gasteiger partial charge in [-0.1, -0.05) is 24.3 Å². The molecular formula is C17H13F2N5O. The van der Waals surface area contributed by atoms with Gasteiger partial charge in [0.15, 0.2) is 11.6 Å². The smallest absolute Gasteiger partial charge is 0.324 e. The molecule has 1 aromatic heterocycles. The Bertz CT molecular complexity index is 852. The highest BCUT2D eigenvalue weighted by Gasteiger charge is 2.10. The second kappa shape index (κ2) is 7.35. The van der Waals surface area contributed by atoms with Gasteiger partial charge < -0.3 is 10.6 Å². The van der Waals surface area contributed by atoms with E-state index in [-0.39, 0.29) is 17.3 Å². The number of amides is 2. The molecule has 2 aromatic carbocycles. The minimum atomic E-state index is -0.744. The average Bonchev–Trinajstić information content (AvgIpc) is 2.60. The molecule has 0 saturated heterocycles. The number of hydrogen-bond acceptors (Lipinski definition) is 4. The van der Waals surface area contributed by atoms with Crippen molar-refractivity contribution in [1.29, 1.82) is 0 Å². The Morgan fingerprint density at radius 2 is 1.40 bits per heavy atom. The van der Waals surface area contributed by atoms with E-state index in [1.54, 1.807) is 24.3 Å². The first kappa shape index (κ1) is 16.3. The fourth-order valence-corrected chi connectivity index (χ4v) is 2.01. The molecule has 0 atom stereocenters. The van der Waals surface area contributed by atoms with Crippen molar-refractivity contribution in [2.24, 2.45) is 0 Å². The van der Waals surface area contributed by atoms with Crippen molar-refractivity contribution >= 4 is 29.0 Å². The number of nitrogens with zero attached hydrogens (tertiary/aromatic N) is 2. The first-order valence-electron chi connectivity index (χ1n) is 7.29. The van der Waals surface area contributed by atoms with Crippen LogP contribution in [0.3, 0.4) is 0 Å². The molecule has 0 aliphatic heterocycles.